The number of benzene rings is 1. The number of hydrogen-bond acceptors (Lipinski definition) is 5. The summed E-state index contributed by atoms with van der Waals surface area (Å²) in [7, 11) is 0. The Morgan fingerprint density at radius 3 is 2.89 bits per heavy atom. The number of hydrogen-bond donors (Lipinski definition) is 0. The molecule has 1 aliphatic heterocycles. The molecule has 1 aliphatic rings. The quantitative estimate of drug-likeness (QED) is 0.602. The Morgan fingerprint density at radius 2 is 2.04 bits per heavy atom. The Bertz CT molecular complexity index is 964. The molecule has 6 nitrogen and oxygen atoms in total. The van der Waals surface area contributed by atoms with E-state index in [9.17, 15) is 9.59 Å². The van der Waals surface area contributed by atoms with Crippen LogP contribution in [0.5, 0.6) is 0 Å². The van der Waals surface area contributed by atoms with Crippen molar-refractivity contribution in [2.75, 3.05) is 13.2 Å². The lowest BCUT2D eigenvalue weighted by molar-refractivity contribution is -0.152. The molecule has 0 radical (unpaired) electrons. The van der Waals surface area contributed by atoms with E-state index in [1.165, 1.54) is 10.4 Å². The van der Waals surface area contributed by atoms with Crippen molar-refractivity contribution >= 4 is 23.2 Å². The minimum atomic E-state index is -0.367. The van der Waals surface area contributed by atoms with E-state index < -0.39 is 0 Å². The molecule has 1 amide bonds. The highest BCUT2D eigenvalue weighted by molar-refractivity contribution is 7.10. The van der Waals surface area contributed by atoms with Gasteiger partial charge in [0.2, 0.25) is 0 Å². The average molecular weight is 395 g/mol. The van der Waals surface area contributed by atoms with Gasteiger partial charge in [0, 0.05) is 30.6 Å². The first-order valence-corrected chi connectivity index (χ1v) is 10.1. The van der Waals surface area contributed by atoms with Crippen LogP contribution in [0, 0.1) is 0 Å². The van der Waals surface area contributed by atoms with Gasteiger partial charge >= 0.3 is 5.97 Å². The van der Waals surface area contributed by atoms with Gasteiger partial charge in [-0.3, -0.25) is 9.59 Å². The van der Waals surface area contributed by atoms with E-state index in [0.717, 1.165) is 17.7 Å². The number of nitrogens with zero attached hydrogens (tertiary/aromatic N) is 3. The molecule has 3 heterocycles. The van der Waals surface area contributed by atoms with Crippen LogP contribution in [0.2, 0.25) is 0 Å². The number of aromatic nitrogens is 2. The third kappa shape index (κ3) is 4.31. The number of para-hydroxylation sites is 1. The summed E-state index contributed by atoms with van der Waals surface area (Å²) in [5.41, 5.74) is 3.12. The van der Waals surface area contributed by atoms with Crippen molar-refractivity contribution in [1.82, 2.24) is 14.7 Å². The van der Waals surface area contributed by atoms with Gasteiger partial charge in [0.25, 0.3) is 5.91 Å². The number of thiophene rings is 1. The zero-order valence-corrected chi connectivity index (χ0v) is 16.2. The van der Waals surface area contributed by atoms with E-state index in [1.54, 1.807) is 27.1 Å². The van der Waals surface area contributed by atoms with Crippen molar-refractivity contribution in [3.63, 3.8) is 0 Å². The zero-order chi connectivity index (χ0) is 19.3. The van der Waals surface area contributed by atoms with Gasteiger partial charge in [0.15, 0.2) is 6.61 Å². The minimum absolute atomic E-state index is 0.137. The number of amides is 1. The van der Waals surface area contributed by atoms with Crippen molar-refractivity contribution in [3.8, 4) is 5.69 Å². The Balaban J connectivity index is 1.22. The van der Waals surface area contributed by atoms with Crippen molar-refractivity contribution in [1.29, 1.82) is 0 Å². The highest BCUT2D eigenvalue weighted by atomic mass is 32.1. The van der Waals surface area contributed by atoms with E-state index in [4.69, 9.17) is 4.74 Å². The Morgan fingerprint density at radius 1 is 1.18 bits per heavy atom. The molecule has 0 bridgehead atoms. The molecular weight excluding hydrogens is 374 g/mol. The molecule has 0 unspecified atom stereocenters. The number of ether oxygens (including phenoxy) is 1. The van der Waals surface area contributed by atoms with E-state index in [0.29, 0.717) is 19.5 Å². The second kappa shape index (κ2) is 8.39. The Hall–Kier alpha value is -2.93. The SMILES string of the molecule is O=C(CCc1cnn(-c2ccccc2)c1)OCC(=O)N1CCc2sccc2C1. The predicted octanol–water partition coefficient (Wildman–Crippen LogP) is 2.99. The normalized spacial score (nSPS) is 13.2. The molecule has 7 heteroatoms. The maximum Gasteiger partial charge on any atom is 0.306 e. The molecule has 0 saturated carbocycles. The molecule has 1 aromatic carbocycles. The van der Waals surface area contributed by atoms with Crippen LogP contribution in [0.3, 0.4) is 0 Å². The van der Waals surface area contributed by atoms with Crippen LogP contribution in [-0.4, -0.2) is 39.7 Å². The summed E-state index contributed by atoms with van der Waals surface area (Å²) in [4.78, 5) is 27.4. The van der Waals surface area contributed by atoms with Gasteiger partial charge in [-0.05, 0) is 47.5 Å². The van der Waals surface area contributed by atoms with Crippen LogP contribution in [0.4, 0.5) is 0 Å². The highest BCUT2D eigenvalue weighted by Gasteiger charge is 2.22. The van der Waals surface area contributed by atoms with Gasteiger partial charge in [0.1, 0.15) is 0 Å². The predicted molar refractivity (Wildman–Crippen MR) is 106 cm³/mol. The first kappa shape index (κ1) is 18.4. The van der Waals surface area contributed by atoms with Crippen LogP contribution in [0.15, 0.2) is 54.2 Å². The largest absolute Gasteiger partial charge is 0.456 e. The molecule has 144 valence electrons. The second-order valence-corrected chi connectivity index (χ2v) is 7.72. The van der Waals surface area contributed by atoms with E-state index in [1.807, 2.05) is 36.5 Å². The van der Waals surface area contributed by atoms with Crippen molar-refractivity contribution in [2.24, 2.45) is 0 Å². The molecular formula is C21H21N3O3S. The van der Waals surface area contributed by atoms with Gasteiger partial charge in [0.05, 0.1) is 11.9 Å². The monoisotopic (exact) mass is 395 g/mol. The van der Waals surface area contributed by atoms with Crippen LogP contribution in [-0.2, 0) is 33.7 Å². The van der Waals surface area contributed by atoms with Gasteiger partial charge < -0.3 is 9.64 Å². The third-order valence-corrected chi connectivity index (χ3v) is 5.81. The summed E-state index contributed by atoms with van der Waals surface area (Å²) in [6.45, 7) is 1.10. The smallest absolute Gasteiger partial charge is 0.306 e. The molecule has 0 aliphatic carbocycles. The summed E-state index contributed by atoms with van der Waals surface area (Å²) < 4.78 is 6.96. The van der Waals surface area contributed by atoms with Crippen LogP contribution in [0.1, 0.15) is 22.4 Å². The van der Waals surface area contributed by atoms with Crippen LogP contribution in [0.25, 0.3) is 5.69 Å². The average Bonchev–Trinajstić information content (AvgIpc) is 3.40. The molecule has 0 saturated heterocycles. The van der Waals surface area contributed by atoms with Gasteiger partial charge in [-0.2, -0.15) is 5.10 Å². The summed E-state index contributed by atoms with van der Waals surface area (Å²) >= 11 is 1.73. The number of carbonyl (C=O) groups excluding carboxylic acids is 2. The Kier molecular flexibility index (Phi) is 5.53. The molecule has 4 rings (SSSR count). The summed E-state index contributed by atoms with van der Waals surface area (Å²) in [6.07, 6.45) is 5.28. The number of esters is 1. The first-order chi connectivity index (χ1) is 13.7. The number of carbonyl (C=O) groups is 2. The lowest BCUT2D eigenvalue weighted by atomic mass is 10.1. The summed E-state index contributed by atoms with van der Waals surface area (Å²) in [5, 5.41) is 6.37. The fourth-order valence-electron chi connectivity index (χ4n) is 3.22. The molecule has 3 aromatic rings. The van der Waals surface area contributed by atoms with Gasteiger partial charge in [-0.25, -0.2) is 4.68 Å². The molecule has 2 aromatic heterocycles. The first-order valence-electron chi connectivity index (χ1n) is 9.26. The summed E-state index contributed by atoms with van der Waals surface area (Å²) in [6, 6.07) is 11.8. The topological polar surface area (TPSA) is 64.4 Å². The lowest BCUT2D eigenvalue weighted by Gasteiger charge is -2.26. The van der Waals surface area contributed by atoms with Crippen molar-refractivity contribution < 1.29 is 14.3 Å². The standard InChI is InChI=1S/C21H21N3O3S/c25-20(23-10-8-19-17(14-23)9-11-28-19)15-27-21(26)7-6-16-12-22-24(13-16)18-4-2-1-3-5-18/h1-5,9,11-13H,6-8,10,14-15H2. The molecule has 0 fully saturated rings. The number of rotatable bonds is 6. The lowest BCUT2D eigenvalue weighted by Crippen LogP contribution is -2.38. The minimum Gasteiger partial charge on any atom is -0.456 e. The fraction of sp³-hybridized carbons (Fsp3) is 0.286. The molecule has 0 spiro atoms. The third-order valence-electron chi connectivity index (χ3n) is 4.79. The van der Waals surface area contributed by atoms with E-state index in [-0.39, 0.29) is 24.9 Å². The highest BCUT2D eigenvalue weighted by Crippen LogP contribution is 2.24. The fourth-order valence-corrected chi connectivity index (χ4v) is 4.11. The van der Waals surface area contributed by atoms with Gasteiger partial charge in [-0.15, -0.1) is 11.3 Å². The molecule has 0 N–H and O–H groups in total. The molecule has 0 atom stereocenters. The Labute approximate surface area is 167 Å². The van der Waals surface area contributed by atoms with Crippen molar-refractivity contribution in [2.45, 2.75) is 25.8 Å². The molecule has 28 heavy (non-hydrogen) atoms. The van der Waals surface area contributed by atoms with Crippen LogP contribution >= 0.6 is 11.3 Å². The van der Waals surface area contributed by atoms with Crippen molar-refractivity contribution in [3.05, 3.63) is 70.2 Å². The van der Waals surface area contributed by atoms with E-state index >= 15 is 0 Å². The maximum absolute atomic E-state index is 12.3. The number of fused-ring (bicyclic) bond motifs is 1. The summed E-state index contributed by atoms with van der Waals surface area (Å²) in [5.74, 6) is -0.504. The maximum atomic E-state index is 12.3. The number of aryl methyl sites for hydroxylation is 1. The van der Waals surface area contributed by atoms with E-state index in [2.05, 4.69) is 16.5 Å². The van der Waals surface area contributed by atoms with Crippen LogP contribution < -0.4 is 0 Å². The second-order valence-electron chi connectivity index (χ2n) is 6.72. The van der Waals surface area contributed by atoms with Gasteiger partial charge in [-0.1, -0.05) is 18.2 Å². The zero-order valence-electron chi connectivity index (χ0n) is 15.4.